The van der Waals surface area contributed by atoms with E-state index < -0.39 is 0 Å². The van der Waals surface area contributed by atoms with E-state index in [0.29, 0.717) is 35.3 Å². The number of hydrogen-bond donors (Lipinski definition) is 0. The summed E-state index contributed by atoms with van der Waals surface area (Å²) in [6, 6.07) is 20.7. The normalized spacial score (nSPS) is 10.9. The summed E-state index contributed by atoms with van der Waals surface area (Å²) in [6.07, 6.45) is 1.70. The average molecular weight is 387 g/mol. The van der Waals surface area contributed by atoms with Gasteiger partial charge in [0.1, 0.15) is 5.76 Å². The van der Waals surface area contributed by atoms with Crippen LogP contribution in [-0.4, -0.2) is 20.6 Å². The van der Waals surface area contributed by atoms with E-state index in [1.54, 1.807) is 24.3 Å². The summed E-state index contributed by atoms with van der Waals surface area (Å²) < 4.78 is 6.74. The molecule has 4 rings (SSSR count). The van der Waals surface area contributed by atoms with Crippen molar-refractivity contribution >= 4 is 16.7 Å². The summed E-state index contributed by atoms with van der Waals surface area (Å²) in [7, 11) is 1.60. The van der Waals surface area contributed by atoms with Gasteiger partial charge >= 0.3 is 0 Å². The van der Waals surface area contributed by atoms with Gasteiger partial charge in [0.05, 0.1) is 30.3 Å². The molecule has 0 aliphatic carbocycles. The molecular weight excluding hydrogens is 366 g/mol. The number of rotatable bonds is 6. The minimum Gasteiger partial charge on any atom is -0.467 e. The molecule has 29 heavy (non-hydrogen) atoms. The fourth-order valence-electron chi connectivity index (χ4n) is 3.39. The first-order valence-corrected chi connectivity index (χ1v) is 9.41. The Morgan fingerprint density at radius 2 is 1.69 bits per heavy atom. The highest BCUT2D eigenvalue weighted by molar-refractivity contribution is 5.88. The van der Waals surface area contributed by atoms with Gasteiger partial charge in [0.25, 0.3) is 5.56 Å². The number of amides is 1. The van der Waals surface area contributed by atoms with Crippen LogP contribution < -0.4 is 5.56 Å². The molecule has 4 aromatic rings. The molecule has 0 spiro atoms. The number of aryl methyl sites for hydroxylation is 1. The van der Waals surface area contributed by atoms with Gasteiger partial charge in [0.2, 0.25) is 5.91 Å². The first-order valence-electron chi connectivity index (χ1n) is 9.41. The third-order valence-electron chi connectivity index (χ3n) is 4.85. The van der Waals surface area contributed by atoms with Gasteiger partial charge in [-0.15, -0.1) is 0 Å². The zero-order valence-corrected chi connectivity index (χ0v) is 16.1. The minimum absolute atomic E-state index is 0.0819. The maximum Gasteiger partial charge on any atom is 0.274 e. The third kappa shape index (κ3) is 4.11. The van der Waals surface area contributed by atoms with Crippen molar-refractivity contribution in [1.29, 1.82) is 0 Å². The molecule has 146 valence electrons. The van der Waals surface area contributed by atoms with Gasteiger partial charge in [-0.05, 0) is 23.8 Å². The summed E-state index contributed by atoms with van der Waals surface area (Å²) in [5.74, 6) is 0.633. The minimum atomic E-state index is -0.173. The van der Waals surface area contributed by atoms with E-state index in [0.717, 1.165) is 5.56 Å². The largest absolute Gasteiger partial charge is 0.467 e. The van der Waals surface area contributed by atoms with Crippen LogP contribution >= 0.6 is 0 Å². The molecule has 0 unspecified atom stereocenters. The van der Waals surface area contributed by atoms with E-state index >= 15 is 0 Å². The van der Waals surface area contributed by atoms with E-state index in [1.165, 1.54) is 4.68 Å². The lowest BCUT2D eigenvalue weighted by Crippen LogP contribution is -2.32. The molecule has 6 nitrogen and oxygen atoms in total. The van der Waals surface area contributed by atoms with Gasteiger partial charge in [-0.25, -0.2) is 4.68 Å². The standard InChI is InChI=1S/C23H21N3O3/c1-25-23(28)20-12-6-5-11-19(20)21(24-25)14-22(27)26(16-18-10-7-13-29-18)15-17-8-3-2-4-9-17/h2-13H,14-16H2,1H3. The molecule has 0 atom stereocenters. The van der Waals surface area contributed by atoms with Crippen molar-refractivity contribution in [2.24, 2.45) is 7.05 Å². The Kier molecular flexibility index (Phi) is 5.24. The molecule has 6 heteroatoms. The predicted octanol–water partition coefficient (Wildman–Crippen LogP) is 3.30. The monoisotopic (exact) mass is 387 g/mol. The Morgan fingerprint density at radius 1 is 0.966 bits per heavy atom. The van der Waals surface area contributed by atoms with Crippen LogP contribution in [0.3, 0.4) is 0 Å². The van der Waals surface area contributed by atoms with Crippen LogP contribution in [0.25, 0.3) is 10.8 Å². The Bertz CT molecular complexity index is 1180. The van der Waals surface area contributed by atoms with Gasteiger partial charge in [0.15, 0.2) is 0 Å². The number of nitrogens with zero attached hydrogens (tertiary/aromatic N) is 3. The topological polar surface area (TPSA) is 68.3 Å². The lowest BCUT2D eigenvalue weighted by atomic mass is 10.1. The zero-order chi connectivity index (χ0) is 20.2. The summed E-state index contributed by atoms with van der Waals surface area (Å²) in [4.78, 5) is 27.3. The van der Waals surface area contributed by atoms with Crippen molar-refractivity contribution in [2.45, 2.75) is 19.5 Å². The summed E-state index contributed by atoms with van der Waals surface area (Å²) in [5, 5.41) is 5.63. The number of furan rings is 1. The fraction of sp³-hybridized carbons (Fsp3) is 0.174. The summed E-state index contributed by atoms with van der Waals surface area (Å²) in [6.45, 7) is 0.828. The Balaban J connectivity index is 1.65. The smallest absolute Gasteiger partial charge is 0.274 e. The summed E-state index contributed by atoms with van der Waals surface area (Å²) >= 11 is 0. The maximum absolute atomic E-state index is 13.2. The van der Waals surface area contributed by atoms with Crippen molar-refractivity contribution < 1.29 is 9.21 Å². The lowest BCUT2D eigenvalue weighted by molar-refractivity contribution is -0.132. The van der Waals surface area contributed by atoms with Crippen molar-refractivity contribution in [3.8, 4) is 0 Å². The SMILES string of the molecule is Cn1nc(CC(=O)N(Cc2ccccc2)Cc2ccco2)c2ccccc2c1=O. The van der Waals surface area contributed by atoms with Crippen LogP contribution in [0.2, 0.25) is 0 Å². The molecule has 2 aromatic carbocycles. The Hall–Kier alpha value is -3.67. The molecule has 2 heterocycles. The average Bonchev–Trinajstić information content (AvgIpc) is 3.25. The summed E-state index contributed by atoms with van der Waals surface area (Å²) in [5.41, 5.74) is 1.45. The van der Waals surface area contributed by atoms with E-state index in [2.05, 4.69) is 5.10 Å². The molecule has 0 saturated heterocycles. The van der Waals surface area contributed by atoms with Crippen molar-refractivity contribution in [2.75, 3.05) is 0 Å². The van der Waals surface area contributed by atoms with Crippen LogP contribution in [0.5, 0.6) is 0 Å². The van der Waals surface area contributed by atoms with Gasteiger partial charge in [0, 0.05) is 19.0 Å². The zero-order valence-electron chi connectivity index (χ0n) is 16.1. The number of carbonyl (C=O) groups excluding carboxylic acids is 1. The van der Waals surface area contributed by atoms with Crippen LogP contribution in [0.4, 0.5) is 0 Å². The number of aromatic nitrogens is 2. The van der Waals surface area contributed by atoms with E-state index in [4.69, 9.17) is 4.42 Å². The first-order chi connectivity index (χ1) is 14.1. The third-order valence-corrected chi connectivity index (χ3v) is 4.85. The molecule has 0 fully saturated rings. The highest BCUT2D eigenvalue weighted by atomic mass is 16.3. The molecule has 2 aromatic heterocycles. The number of fused-ring (bicyclic) bond motifs is 1. The molecule has 0 radical (unpaired) electrons. The van der Waals surface area contributed by atoms with Crippen LogP contribution in [-0.2, 0) is 31.4 Å². The molecule has 0 N–H and O–H groups in total. The molecular formula is C23H21N3O3. The Labute approximate surface area is 168 Å². The second-order valence-electron chi connectivity index (χ2n) is 6.91. The highest BCUT2D eigenvalue weighted by Gasteiger charge is 2.19. The van der Waals surface area contributed by atoms with Crippen LogP contribution in [0.1, 0.15) is 17.0 Å². The van der Waals surface area contributed by atoms with Crippen molar-refractivity contribution in [3.05, 3.63) is 100 Å². The van der Waals surface area contributed by atoms with E-state index in [9.17, 15) is 9.59 Å². The molecule has 0 aliphatic rings. The first kappa shape index (κ1) is 18.7. The second kappa shape index (κ2) is 8.14. The number of carbonyl (C=O) groups is 1. The molecule has 1 amide bonds. The van der Waals surface area contributed by atoms with Crippen LogP contribution in [0, 0.1) is 0 Å². The van der Waals surface area contributed by atoms with Gasteiger partial charge in [-0.2, -0.15) is 5.10 Å². The maximum atomic E-state index is 13.2. The fourth-order valence-corrected chi connectivity index (χ4v) is 3.39. The van der Waals surface area contributed by atoms with Crippen molar-refractivity contribution in [3.63, 3.8) is 0 Å². The Morgan fingerprint density at radius 3 is 2.41 bits per heavy atom. The van der Waals surface area contributed by atoms with Gasteiger partial charge < -0.3 is 9.32 Å². The lowest BCUT2D eigenvalue weighted by Gasteiger charge is -2.22. The quantitative estimate of drug-likeness (QED) is 0.509. The number of benzene rings is 2. The molecule has 0 aliphatic heterocycles. The highest BCUT2D eigenvalue weighted by Crippen LogP contribution is 2.17. The van der Waals surface area contributed by atoms with E-state index in [-0.39, 0.29) is 17.9 Å². The van der Waals surface area contributed by atoms with Crippen LogP contribution in [0.15, 0.2) is 82.2 Å². The second-order valence-corrected chi connectivity index (χ2v) is 6.91. The molecule has 0 bridgehead atoms. The van der Waals surface area contributed by atoms with Crippen molar-refractivity contribution in [1.82, 2.24) is 14.7 Å². The number of hydrogen-bond acceptors (Lipinski definition) is 4. The van der Waals surface area contributed by atoms with E-state index in [1.807, 2.05) is 60.7 Å². The molecule has 0 saturated carbocycles. The predicted molar refractivity (Wildman–Crippen MR) is 110 cm³/mol. The van der Waals surface area contributed by atoms with Gasteiger partial charge in [-0.3, -0.25) is 9.59 Å². The van der Waals surface area contributed by atoms with Gasteiger partial charge in [-0.1, -0.05) is 48.5 Å².